The molecule has 3 nitrogen and oxygen atoms in total. The average molecular weight is 338 g/mol. The topological polar surface area (TPSA) is 41.6 Å². The third-order valence-corrected chi connectivity index (χ3v) is 4.09. The van der Waals surface area contributed by atoms with Crippen molar-refractivity contribution in [3.05, 3.63) is 76.7 Å². The first-order valence-electron chi connectivity index (χ1n) is 6.52. The SMILES string of the molecule is N#Cc1ccc(-c2cncn2Cc2ccccc2Br)cc1. The summed E-state index contributed by atoms with van der Waals surface area (Å²) in [5.74, 6) is 0. The maximum absolute atomic E-state index is 8.87. The molecule has 0 atom stereocenters. The molecule has 0 unspecified atom stereocenters. The van der Waals surface area contributed by atoms with Crippen LogP contribution in [0.25, 0.3) is 11.3 Å². The molecule has 0 radical (unpaired) electrons. The van der Waals surface area contributed by atoms with E-state index in [1.165, 1.54) is 5.56 Å². The van der Waals surface area contributed by atoms with Gasteiger partial charge in [-0.15, -0.1) is 0 Å². The van der Waals surface area contributed by atoms with Gasteiger partial charge in [-0.2, -0.15) is 5.26 Å². The molecule has 0 saturated heterocycles. The number of nitriles is 1. The average Bonchev–Trinajstić information content (AvgIpc) is 2.98. The number of benzene rings is 2. The van der Waals surface area contributed by atoms with Crippen LogP contribution in [-0.4, -0.2) is 9.55 Å². The smallest absolute Gasteiger partial charge is 0.0991 e. The third-order valence-electron chi connectivity index (χ3n) is 3.32. The highest BCUT2D eigenvalue weighted by Gasteiger charge is 2.07. The Bertz CT molecular complexity index is 797. The second kappa shape index (κ2) is 5.94. The Morgan fingerprint density at radius 3 is 2.57 bits per heavy atom. The third kappa shape index (κ3) is 2.88. The van der Waals surface area contributed by atoms with E-state index in [1.807, 2.05) is 55.0 Å². The lowest BCUT2D eigenvalue weighted by Crippen LogP contribution is -2.01. The summed E-state index contributed by atoms with van der Waals surface area (Å²) in [5.41, 5.74) is 3.95. The lowest BCUT2D eigenvalue weighted by molar-refractivity contribution is 0.801. The maximum atomic E-state index is 8.87. The molecule has 3 aromatic rings. The fourth-order valence-electron chi connectivity index (χ4n) is 2.21. The van der Waals surface area contributed by atoms with Crippen molar-refractivity contribution in [2.75, 3.05) is 0 Å². The maximum Gasteiger partial charge on any atom is 0.0991 e. The van der Waals surface area contributed by atoms with Gasteiger partial charge in [0.15, 0.2) is 0 Å². The summed E-state index contributed by atoms with van der Waals surface area (Å²) < 4.78 is 3.19. The van der Waals surface area contributed by atoms with Gasteiger partial charge in [0, 0.05) is 4.47 Å². The van der Waals surface area contributed by atoms with Crippen LogP contribution in [0.2, 0.25) is 0 Å². The van der Waals surface area contributed by atoms with Crippen LogP contribution < -0.4 is 0 Å². The molecule has 0 spiro atoms. The molecular weight excluding hydrogens is 326 g/mol. The first-order valence-corrected chi connectivity index (χ1v) is 7.31. The Morgan fingerprint density at radius 2 is 1.86 bits per heavy atom. The van der Waals surface area contributed by atoms with Gasteiger partial charge in [0.05, 0.1) is 36.4 Å². The van der Waals surface area contributed by atoms with Gasteiger partial charge >= 0.3 is 0 Å². The Balaban J connectivity index is 1.94. The second-order valence-electron chi connectivity index (χ2n) is 4.69. The van der Waals surface area contributed by atoms with Crippen molar-refractivity contribution in [1.29, 1.82) is 5.26 Å². The predicted octanol–water partition coefficient (Wildman–Crippen LogP) is 4.23. The number of hydrogen-bond donors (Lipinski definition) is 0. The minimum absolute atomic E-state index is 0.663. The first kappa shape index (κ1) is 13.6. The molecule has 1 heterocycles. The molecule has 1 aromatic heterocycles. The Morgan fingerprint density at radius 1 is 1.10 bits per heavy atom. The van der Waals surface area contributed by atoms with E-state index in [-0.39, 0.29) is 0 Å². The Kier molecular flexibility index (Phi) is 3.85. The van der Waals surface area contributed by atoms with E-state index >= 15 is 0 Å². The summed E-state index contributed by atoms with van der Waals surface area (Å²) >= 11 is 3.57. The molecule has 0 bridgehead atoms. The monoisotopic (exact) mass is 337 g/mol. The summed E-state index contributed by atoms with van der Waals surface area (Å²) in [6.45, 7) is 0.747. The number of imidazole rings is 1. The fraction of sp³-hybridized carbons (Fsp3) is 0.0588. The standard InChI is InChI=1S/C17H12BrN3/c18-16-4-2-1-3-15(16)11-21-12-20-10-17(21)14-7-5-13(9-19)6-8-14/h1-8,10,12H,11H2. The molecule has 21 heavy (non-hydrogen) atoms. The van der Waals surface area contributed by atoms with Crippen LogP contribution in [0.5, 0.6) is 0 Å². The van der Waals surface area contributed by atoms with Crippen LogP contribution in [0.1, 0.15) is 11.1 Å². The van der Waals surface area contributed by atoms with Crippen LogP contribution in [0.4, 0.5) is 0 Å². The molecule has 0 aliphatic heterocycles. The van der Waals surface area contributed by atoms with Gasteiger partial charge in [0.25, 0.3) is 0 Å². The Hall–Kier alpha value is -2.38. The minimum atomic E-state index is 0.663. The fourth-order valence-corrected chi connectivity index (χ4v) is 2.62. The summed E-state index contributed by atoms with van der Waals surface area (Å²) in [6.07, 6.45) is 3.67. The van der Waals surface area contributed by atoms with Gasteiger partial charge in [0.1, 0.15) is 0 Å². The van der Waals surface area contributed by atoms with E-state index < -0.39 is 0 Å². The molecule has 4 heteroatoms. The summed E-state index contributed by atoms with van der Waals surface area (Å²) in [7, 11) is 0. The summed E-state index contributed by atoms with van der Waals surface area (Å²) in [6, 6.07) is 17.8. The zero-order chi connectivity index (χ0) is 14.7. The molecule has 0 fully saturated rings. The van der Waals surface area contributed by atoms with Crippen LogP contribution in [0, 0.1) is 11.3 Å². The lowest BCUT2D eigenvalue weighted by atomic mass is 10.1. The molecule has 0 aliphatic rings. The molecule has 2 aromatic carbocycles. The first-order chi connectivity index (χ1) is 10.3. The quantitative estimate of drug-likeness (QED) is 0.717. The predicted molar refractivity (Wildman–Crippen MR) is 85.6 cm³/mol. The van der Waals surface area contributed by atoms with Crippen molar-refractivity contribution in [3.63, 3.8) is 0 Å². The van der Waals surface area contributed by atoms with Gasteiger partial charge < -0.3 is 4.57 Å². The lowest BCUT2D eigenvalue weighted by Gasteiger charge is -2.10. The number of rotatable bonds is 3. The van der Waals surface area contributed by atoms with Crippen molar-refractivity contribution >= 4 is 15.9 Å². The van der Waals surface area contributed by atoms with Crippen molar-refractivity contribution in [1.82, 2.24) is 9.55 Å². The summed E-state index contributed by atoms with van der Waals surface area (Å²) in [4.78, 5) is 4.25. The number of hydrogen-bond acceptors (Lipinski definition) is 2. The number of nitrogens with zero attached hydrogens (tertiary/aromatic N) is 3. The number of halogens is 1. The zero-order valence-electron chi connectivity index (χ0n) is 11.2. The molecule has 0 aliphatic carbocycles. The molecule has 0 amide bonds. The van der Waals surface area contributed by atoms with E-state index in [2.05, 4.69) is 37.6 Å². The molecular formula is C17H12BrN3. The van der Waals surface area contributed by atoms with Gasteiger partial charge in [-0.1, -0.05) is 46.3 Å². The summed E-state index contributed by atoms with van der Waals surface area (Å²) in [5, 5.41) is 8.87. The molecule has 0 saturated carbocycles. The van der Waals surface area contributed by atoms with Crippen LogP contribution >= 0.6 is 15.9 Å². The van der Waals surface area contributed by atoms with E-state index in [0.717, 1.165) is 22.3 Å². The minimum Gasteiger partial charge on any atom is -0.326 e. The Labute approximate surface area is 131 Å². The van der Waals surface area contributed by atoms with E-state index in [1.54, 1.807) is 0 Å². The largest absolute Gasteiger partial charge is 0.326 e. The highest BCUT2D eigenvalue weighted by molar-refractivity contribution is 9.10. The van der Waals surface area contributed by atoms with Crippen molar-refractivity contribution in [2.24, 2.45) is 0 Å². The molecule has 3 rings (SSSR count). The zero-order valence-corrected chi connectivity index (χ0v) is 12.8. The highest BCUT2D eigenvalue weighted by Crippen LogP contribution is 2.23. The van der Waals surface area contributed by atoms with Crippen molar-refractivity contribution < 1.29 is 0 Å². The van der Waals surface area contributed by atoms with Gasteiger partial charge in [-0.3, -0.25) is 0 Å². The highest BCUT2D eigenvalue weighted by atomic mass is 79.9. The normalized spacial score (nSPS) is 10.3. The van der Waals surface area contributed by atoms with Gasteiger partial charge in [-0.05, 0) is 29.3 Å². The van der Waals surface area contributed by atoms with Crippen LogP contribution in [0.15, 0.2) is 65.5 Å². The van der Waals surface area contributed by atoms with Crippen LogP contribution in [-0.2, 0) is 6.54 Å². The van der Waals surface area contributed by atoms with Crippen LogP contribution in [0.3, 0.4) is 0 Å². The molecule has 102 valence electrons. The second-order valence-corrected chi connectivity index (χ2v) is 5.54. The number of aromatic nitrogens is 2. The van der Waals surface area contributed by atoms with Gasteiger partial charge in [-0.25, -0.2) is 4.98 Å². The van der Waals surface area contributed by atoms with E-state index in [4.69, 9.17) is 5.26 Å². The van der Waals surface area contributed by atoms with E-state index in [0.29, 0.717) is 5.56 Å². The van der Waals surface area contributed by atoms with E-state index in [9.17, 15) is 0 Å². The van der Waals surface area contributed by atoms with Crippen molar-refractivity contribution in [3.8, 4) is 17.3 Å². The van der Waals surface area contributed by atoms with Crippen molar-refractivity contribution in [2.45, 2.75) is 6.54 Å². The molecule has 0 N–H and O–H groups in total. The van der Waals surface area contributed by atoms with Gasteiger partial charge in [0.2, 0.25) is 0 Å².